The Balaban J connectivity index is 2.86. The molecule has 0 aromatic heterocycles. The number of rotatable bonds is 15. The number of carbonyl (C=O) groups excluding carboxylic acids is 2. The quantitative estimate of drug-likeness (QED) is 0.132. The van der Waals surface area contributed by atoms with Crippen LogP contribution in [0.2, 0.25) is 0 Å². The van der Waals surface area contributed by atoms with Gasteiger partial charge in [0.25, 0.3) is 5.69 Å². The van der Waals surface area contributed by atoms with Crippen LogP contribution in [0.4, 0.5) is 5.69 Å². The second-order valence-electron chi connectivity index (χ2n) is 6.67. The van der Waals surface area contributed by atoms with Crippen LogP contribution in [-0.4, -0.2) is 42.7 Å². The molecule has 2 N–H and O–H groups in total. The van der Waals surface area contributed by atoms with Gasteiger partial charge in [0.2, 0.25) is 0 Å². The van der Waals surface area contributed by atoms with Gasteiger partial charge in [-0.2, -0.15) is 0 Å². The predicted octanol–water partition coefficient (Wildman–Crippen LogP) is 3.34. The van der Waals surface area contributed by atoms with Gasteiger partial charge in [-0.05, 0) is 31.9 Å². The average Bonchev–Trinajstić information content (AvgIpc) is 2.73. The fourth-order valence-corrected chi connectivity index (χ4v) is 3.76. The molecule has 0 fully saturated rings. The van der Waals surface area contributed by atoms with E-state index < -0.39 is 37.1 Å². The second-order valence-corrected chi connectivity index (χ2v) is 8.53. The third kappa shape index (κ3) is 10.4. The maximum absolute atomic E-state index is 13.3. The Labute approximate surface area is 181 Å². The van der Waals surface area contributed by atoms with Crippen molar-refractivity contribution in [2.45, 2.75) is 52.5 Å². The summed E-state index contributed by atoms with van der Waals surface area (Å²) in [5, 5.41) is 15.8. The largest absolute Gasteiger partial charge is 0.465 e. The van der Waals surface area contributed by atoms with E-state index in [4.69, 9.17) is 14.0 Å². The van der Waals surface area contributed by atoms with Crippen molar-refractivity contribution in [2.75, 3.05) is 19.8 Å². The fourth-order valence-electron chi connectivity index (χ4n) is 2.18. The predicted molar refractivity (Wildman–Crippen MR) is 114 cm³/mol. The van der Waals surface area contributed by atoms with Crippen LogP contribution >= 0.6 is 7.67 Å². The number of non-ortho nitro benzene ring substituents is 1. The molecule has 2 unspecified atom stereocenters. The van der Waals surface area contributed by atoms with E-state index in [0.29, 0.717) is 12.8 Å². The maximum atomic E-state index is 13.3. The molecule has 0 aliphatic carbocycles. The summed E-state index contributed by atoms with van der Waals surface area (Å²) in [5.74, 6) is -1.23. The van der Waals surface area contributed by atoms with E-state index in [-0.39, 0.29) is 24.7 Å². The van der Waals surface area contributed by atoms with Gasteiger partial charge in [0.05, 0.1) is 18.1 Å². The van der Waals surface area contributed by atoms with Crippen LogP contribution in [0, 0.1) is 10.1 Å². The number of nitrogens with zero attached hydrogens (tertiary/aromatic N) is 1. The van der Waals surface area contributed by atoms with Crippen LogP contribution in [0.3, 0.4) is 0 Å². The van der Waals surface area contributed by atoms with Crippen LogP contribution in [-0.2, 0) is 23.6 Å². The van der Waals surface area contributed by atoms with Gasteiger partial charge < -0.3 is 14.0 Å². The number of carbonyl (C=O) groups is 2. The van der Waals surface area contributed by atoms with E-state index in [1.54, 1.807) is 0 Å². The lowest BCUT2D eigenvalue weighted by molar-refractivity contribution is -0.384. The summed E-state index contributed by atoms with van der Waals surface area (Å²) < 4.78 is 28.9. The second kappa shape index (κ2) is 13.7. The number of nitro groups is 1. The van der Waals surface area contributed by atoms with Gasteiger partial charge in [-0.3, -0.25) is 19.7 Å². The van der Waals surface area contributed by atoms with Crippen LogP contribution in [0.1, 0.15) is 46.5 Å². The number of benzene rings is 1. The van der Waals surface area contributed by atoms with E-state index in [1.807, 2.05) is 13.8 Å². The molecule has 0 saturated carbocycles. The summed E-state index contributed by atoms with van der Waals surface area (Å²) in [5.41, 5.74) is -0.171. The van der Waals surface area contributed by atoms with E-state index in [9.17, 15) is 24.3 Å². The molecule has 11 nitrogen and oxygen atoms in total. The molecule has 0 radical (unpaired) electrons. The first-order chi connectivity index (χ1) is 14.7. The van der Waals surface area contributed by atoms with Gasteiger partial charge in [-0.1, -0.05) is 26.7 Å². The van der Waals surface area contributed by atoms with Gasteiger partial charge in [0.15, 0.2) is 0 Å². The number of hydrogen-bond donors (Lipinski definition) is 2. The average molecular weight is 459 g/mol. The molecule has 174 valence electrons. The van der Waals surface area contributed by atoms with E-state index in [2.05, 4.69) is 10.2 Å². The normalized spacial score (nSPS) is 13.6. The number of unbranched alkanes of at least 4 members (excludes halogenated alkanes) is 2. The molecule has 0 heterocycles. The lowest BCUT2D eigenvalue weighted by atomic mass is 10.3. The van der Waals surface area contributed by atoms with Crippen molar-refractivity contribution in [1.82, 2.24) is 10.2 Å². The van der Waals surface area contributed by atoms with Crippen molar-refractivity contribution in [3.63, 3.8) is 0 Å². The number of esters is 2. The van der Waals surface area contributed by atoms with Crippen LogP contribution in [0.5, 0.6) is 5.75 Å². The summed E-state index contributed by atoms with van der Waals surface area (Å²) >= 11 is 0. The minimum atomic E-state index is -3.99. The molecule has 0 spiro atoms. The highest BCUT2D eigenvalue weighted by atomic mass is 31.2. The molecule has 1 aromatic carbocycles. The van der Waals surface area contributed by atoms with Gasteiger partial charge in [0, 0.05) is 12.1 Å². The molecule has 12 heteroatoms. The molecule has 0 bridgehead atoms. The summed E-state index contributed by atoms with van der Waals surface area (Å²) in [4.78, 5) is 34.2. The minimum absolute atomic E-state index is 0.0415. The van der Waals surface area contributed by atoms with Crippen LogP contribution in [0.15, 0.2) is 24.3 Å². The Morgan fingerprint density at radius 3 is 2.23 bits per heavy atom. The van der Waals surface area contributed by atoms with Crippen molar-refractivity contribution < 1.29 is 33.1 Å². The van der Waals surface area contributed by atoms with Crippen molar-refractivity contribution in [3.8, 4) is 5.75 Å². The first-order valence-corrected chi connectivity index (χ1v) is 11.7. The van der Waals surface area contributed by atoms with Gasteiger partial charge in [-0.15, -0.1) is 0 Å². The third-order valence-corrected chi connectivity index (χ3v) is 5.70. The summed E-state index contributed by atoms with van der Waals surface area (Å²) in [6, 6.07) is 3.88. The molecule has 0 saturated heterocycles. The van der Waals surface area contributed by atoms with E-state index in [1.165, 1.54) is 31.2 Å². The van der Waals surface area contributed by atoms with Crippen molar-refractivity contribution in [1.29, 1.82) is 0 Å². The lowest BCUT2D eigenvalue weighted by Gasteiger charge is -2.23. The smallest absolute Gasteiger partial charge is 0.391 e. The molecule has 2 atom stereocenters. The summed E-state index contributed by atoms with van der Waals surface area (Å²) in [6.07, 6.45) is 3.08. The molecule has 0 aliphatic heterocycles. The summed E-state index contributed by atoms with van der Waals surface area (Å²) in [7, 11) is -3.99. The number of nitrogens with one attached hydrogen (secondary N) is 2. The molecular weight excluding hydrogens is 429 g/mol. The Bertz CT molecular complexity index is 772. The zero-order valence-electron chi connectivity index (χ0n) is 18.0. The molecule has 1 rings (SSSR count). The maximum Gasteiger partial charge on any atom is 0.391 e. The highest BCUT2D eigenvalue weighted by molar-refractivity contribution is 7.55. The first kappa shape index (κ1) is 26.5. The van der Waals surface area contributed by atoms with Crippen molar-refractivity contribution in [2.24, 2.45) is 0 Å². The van der Waals surface area contributed by atoms with Crippen LogP contribution in [0.25, 0.3) is 0 Å². The number of ether oxygens (including phenoxy) is 2. The monoisotopic (exact) mass is 459 g/mol. The fraction of sp³-hybridized carbons (Fsp3) is 0.579. The molecule has 31 heavy (non-hydrogen) atoms. The van der Waals surface area contributed by atoms with E-state index in [0.717, 1.165) is 12.8 Å². The Morgan fingerprint density at radius 1 is 1.10 bits per heavy atom. The zero-order chi connectivity index (χ0) is 23.3. The highest BCUT2D eigenvalue weighted by Gasteiger charge is 2.31. The molecule has 1 aromatic rings. The summed E-state index contributed by atoms with van der Waals surface area (Å²) in [6.45, 7) is 5.37. The van der Waals surface area contributed by atoms with Gasteiger partial charge >= 0.3 is 19.6 Å². The Morgan fingerprint density at radius 2 is 1.68 bits per heavy atom. The van der Waals surface area contributed by atoms with Crippen molar-refractivity contribution >= 4 is 25.3 Å². The Kier molecular flexibility index (Phi) is 11.8. The molecule has 0 aliphatic rings. The number of nitro benzene ring substituents is 1. The SMILES string of the molecule is CCCCOC(=O)CNP(=O)(NC(C)C(=O)OCCCC)Oc1ccc([N+](=O)[O-])cc1. The lowest BCUT2D eigenvalue weighted by Crippen LogP contribution is -2.39. The molecular formula is C19H30N3O8P. The van der Waals surface area contributed by atoms with Crippen molar-refractivity contribution in [3.05, 3.63) is 34.4 Å². The Hall–Kier alpha value is -2.49. The van der Waals surface area contributed by atoms with E-state index >= 15 is 0 Å². The highest BCUT2D eigenvalue weighted by Crippen LogP contribution is 2.39. The first-order valence-electron chi connectivity index (χ1n) is 10.1. The number of hydrogen-bond acceptors (Lipinski definition) is 8. The molecule has 0 amide bonds. The topological polar surface area (TPSA) is 146 Å². The third-order valence-electron chi connectivity index (χ3n) is 3.93. The zero-order valence-corrected chi connectivity index (χ0v) is 18.9. The minimum Gasteiger partial charge on any atom is -0.465 e. The van der Waals surface area contributed by atoms with Gasteiger partial charge in [0.1, 0.15) is 18.3 Å². The van der Waals surface area contributed by atoms with Crippen LogP contribution < -0.4 is 14.7 Å². The standard InChI is InChI=1S/C19H30N3O8P/c1-4-6-12-28-18(23)14-20-31(27,21-15(3)19(24)29-13-7-5-2)30-17-10-8-16(9-11-17)22(25)26/h8-11,15H,4-7,12-14H2,1-3H3,(H2,20,21,27). The van der Waals surface area contributed by atoms with Gasteiger partial charge in [-0.25, -0.2) is 14.7 Å².